The van der Waals surface area contributed by atoms with Crippen molar-refractivity contribution in [3.8, 4) is 56.3 Å². The van der Waals surface area contributed by atoms with Crippen molar-refractivity contribution in [3.63, 3.8) is 0 Å². The first-order valence-electron chi connectivity index (χ1n) is 19.4. The molecular formula is C53H31N3O2. The van der Waals surface area contributed by atoms with E-state index >= 15 is 0 Å². The molecule has 4 aromatic heterocycles. The van der Waals surface area contributed by atoms with Crippen molar-refractivity contribution in [1.82, 2.24) is 15.0 Å². The number of benzene rings is 8. The molecule has 0 aliphatic heterocycles. The van der Waals surface area contributed by atoms with Gasteiger partial charge in [-0.1, -0.05) is 140 Å². The molecular weight excluding hydrogens is 711 g/mol. The lowest BCUT2D eigenvalue weighted by Gasteiger charge is -2.10. The van der Waals surface area contributed by atoms with Crippen LogP contribution in [0, 0.1) is 0 Å². The number of hydrogen-bond donors (Lipinski definition) is 0. The third-order valence-electron chi connectivity index (χ3n) is 11.3. The maximum absolute atomic E-state index is 6.72. The zero-order valence-electron chi connectivity index (χ0n) is 31.1. The van der Waals surface area contributed by atoms with Crippen LogP contribution >= 0.6 is 0 Å². The first-order valence-corrected chi connectivity index (χ1v) is 19.4. The Morgan fingerprint density at radius 2 is 0.914 bits per heavy atom. The van der Waals surface area contributed by atoms with Crippen molar-refractivity contribution >= 4 is 65.6 Å². The highest BCUT2D eigenvalue weighted by atomic mass is 16.3. The van der Waals surface area contributed by atoms with Gasteiger partial charge in [0.1, 0.15) is 22.3 Å². The Labute approximate surface area is 332 Å². The predicted molar refractivity (Wildman–Crippen MR) is 237 cm³/mol. The predicted octanol–water partition coefficient (Wildman–Crippen LogP) is 14.3. The van der Waals surface area contributed by atoms with Crippen molar-refractivity contribution in [3.05, 3.63) is 188 Å². The number of hydrogen-bond acceptors (Lipinski definition) is 5. The Balaban J connectivity index is 0.952. The Hall–Kier alpha value is -7.89. The number of para-hydroxylation sites is 2. The molecule has 0 radical (unpaired) electrons. The molecule has 0 fully saturated rings. The second kappa shape index (κ2) is 12.8. The quantitative estimate of drug-likeness (QED) is 0.164. The normalized spacial score (nSPS) is 11.8. The van der Waals surface area contributed by atoms with Crippen LogP contribution in [-0.4, -0.2) is 15.0 Å². The molecule has 5 nitrogen and oxygen atoms in total. The van der Waals surface area contributed by atoms with Gasteiger partial charge in [-0.2, -0.15) is 0 Å². The molecule has 0 saturated heterocycles. The average molecular weight is 742 g/mol. The molecule has 0 unspecified atom stereocenters. The number of fused-ring (bicyclic) bond motifs is 10. The Bertz CT molecular complexity index is 3550. The van der Waals surface area contributed by atoms with Crippen molar-refractivity contribution < 1.29 is 8.83 Å². The fourth-order valence-electron chi connectivity index (χ4n) is 8.44. The smallest absolute Gasteiger partial charge is 0.160 e. The van der Waals surface area contributed by atoms with Gasteiger partial charge >= 0.3 is 0 Å². The highest BCUT2D eigenvalue weighted by Crippen LogP contribution is 2.42. The summed E-state index contributed by atoms with van der Waals surface area (Å²) >= 11 is 0. The van der Waals surface area contributed by atoms with E-state index in [1.165, 1.54) is 0 Å². The summed E-state index contributed by atoms with van der Waals surface area (Å²) in [5.74, 6) is 0.672. The largest absolute Gasteiger partial charge is 0.456 e. The van der Waals surface area contributed by atoms with Gasteiger partial charge in [0.05, 0.1) is 22.6 Å². The molecule has 270 valence electrons. The molecule has 8 aromatic carbocycles. The van der Waals surface area contributed by atoms with E-state index in [1.807, 2.05) is 48.5 Å². The van der Waals surface area contributed by atoms with Crippen LogP contribution in [0.25, 0.3) is 122 Å². The van der Waals surface area contributed by atoms with E-state index in [-0.39, 0.29) is 0 Å². The minimum absolute atomic E-state index is 0.672. The summed E-state index contributed by atoms with van der Waals surface area (Å²) in [6, 6.07) is 64.9. The van der Waals surface area contributed by atoms with Gasteiger partial charge in [0.25, 0.3) is 0 Å². The highest BCUT2D eigenvalue weighted by molar-refractivity contribution is 6.25. The van der Waals surface area contributed by atoms with Gasteiger partial charge in [-0.15, -0.1) is 0 Å². The van der Waals surface area contributed by atoms with Gasteiger partial charge in [0.15, 0.2) is 5.82 Å². The maximum atomic E-state index is 6.72. The summed E-state index contributed by atoms with van der Waals surface area (Å²) < 4.78 is 13.0. The molecule has 12 rings (SSSR count). The zero-order chi connectivity index (χ0) is 38.2. The van der Waals surface area contributed by atoms with E-state index in [1.54, 1.807) is 0 Å². The molecule has 0 atom stereocenters. The van der Waals surface area contributed by atoms with Crippen LogP contribution in [0.2, 0.25) is 0 Å². The molecule has 0 saturated carbocycles. The third kappa shape index (κ3) is 5.21. The standard InChI is InChI=1S/C53H31N3O2/c1-3-11-34(12-4-1)51-42-27-26-40-43-29-36(24-28-48(43)58-52(40)50(42)41-16-7-9-17-44(41)54-51)32-19-21-33(22-20-32)45-31-46(56-53(55-45)35-13-5-2-6-14-35)37-23-25-39-38-15-8-10-18-47(38)57-49(39)30-37/h1-31H. The second-order valence-corrected chi connectivity index (χ2v) is 14.7. The van der Waals surface area contributed by atoms with E-state index in [0.717, 1.165) is 116 Å². The van der Waals surface area contributed by atoms with Crippen molar-refractivity contribution in [1.29, 1.82) is 0 Å². The molecule has 0 aliphatic rings. The Kier molecular flexibility index (Phi) is 7.16. The number of aromatic nitrogens is 3. The van der Waals surface area contributed by atoms with E-state index in [4.69, 9.17) is 23.8 Å². The van der Waals surface area contributed by atoms with Crippen molar-refractivity contribution in [2.24, 2.45) is 0 Å². The van der Waals surface area contributed by atoms with Crippen LogP contribution < -0.4 is 0 Å². The van der Waals surface area contributed by atoms with Crippen molar-refractivity contribution in [2.75, 3.05) is 0 Å². The first-order chi connectivity index (χ1) is 28.7. The van der Waals surface area contributed by atoms with E-state index < -0.39 is 0 Å². The third-order valence-corrected chi connectivity index (χ3v) is 11.3. The van der Waals surface area contributed by atoms with Crippen LogP contribution in [-0.2, 0) is 0 Å². The monoisotopic (exact) mass is 741 g/mol. The minimum Gasteiger partial charge on any atom is -0.456 e. The minimum atomic E-state index is 0.672. The fourth-order valence-corrected chi connectivity index (χ4v) is 8.44. The summed E-state index contributed by atoms with van der Waals surface area (Å²) in [5, 5.41) is 7.59. The van der Waals surface area contributed by atoms with Crippen LogP contribution in [0.5, 0.6) is 0 Å². The summed E-state index contributed by atoms with van der Waals surface area (Å²) in [6.07, 6.45) is 0. The van der Waals surface area contributed by atoms with Gasteiger partial charge in [-0.25, -0.2) is 15.0 Å². The Morgan fingerprint density at radius 3 is 1.74 bits per heavy atom. The van der Waals surface area contributed by atoms with Crippen LogP contribution in [0.1, 0.15) is 0 Å². The number of pyridine rings is 1. The molecule has 0 aliphatic carbocycles. The van der Waals surface area contributed by atoms with E-state index in [0.29, 0.717) is 5.82 Å². The summed E-state index contributed by atoms with van der Waals surface area (Å²) in [5.41, 5.74) is 13.3. The number of rotatable bonds is 5. The summed E-state index contributed by atoms with van der Waals surface area (Å²) in [4.78, 5) is 15.3. The zero-order valence-corrected chi connectivity index (χ0v) is 31.1. The number of nitrogens with zero attached hydrogens (tertiary/aromatic N) is 3. The molecule has 0 N–H and O–H groups in total. The molecule has 5 heteroatoms. The van der Waals surface area contributed by atoms with Gasteiger partial charge in [0.2, 0.25) is 0 Å². The van der Waals surface area contributed by atoms with Crippen molar-refractivity contribution in [2.45, 2.75) is 0 Å². The van der Waals surface area contributed by atoms with Crippen LogP contribution in [0.3, 0.4) is 0 Å². The Morgan fingerprint density at radius 1 is 0.310 bits per heavy atom. The fraction of sp³-hybridized carbons (Fsp3) is 0. The summed E-state index contributed by atoms with van der Waals surface area (Å²) in [7, 11) is 0. The highest BCUT2D eigenvalue weighted by Gasteiger charge is 2.18. The lowest BCUT2D eigenvalue weighted by atomic mass is 9.97. The van der Waals surface area contributed by atoms with Gasteiger partial charge < -0.3 is 8.83 Å². The second-order valence-electron chi connectivity index (χ2n) is 14.7. The van der Waals surface area contributed by atoms with E-state index in [9.17, 15) is 0 Å². The lowest BCUT2D eigenvalue weighted by molar-refractivity contribution is 0.669. The molecule has 0 bridgehead atoms. The lowest BCUT2D eigenvalue weighted by Crippen LogP contribution is -1.96. The number of furan rings is 2. The van der Waals surface area contributed by atoms with Gasteiger partial charge in [-0.3, -0.25) is 0 Å². The van der Waals surface area contributed by atoms with Crippen LogP contribution in [0.4, 0.5) is 0 Å². The average Bonchev–Trinajstić information content (AvgIpc) is 3.87. The maximum Gasteiger partial charge on any atom is 0.160 e. The molecule has 12 aromatic rings. The molecule has 0 amide bonds. The van der Waals surface area contributed by atoms with Crippen LogP contribution in [0.15, 0.2) is 197 Å². The van der Waals surface area contributed by atoms with Gasteiger partial charge in [0, 0.05) is 60.0 Å². The summed E-state index contributed by atoms with van der Waals surface area (Å²) in [6.45, 7) is 0. The topological polar surface area (TPSA) is 65.0 Å². The van der Waals surface area contributed by atoms with E-state index in [2.05, 4.69) is 140 Å². The molecule has 58 heavy (non-hydrogen) atoms. The SMILES string of the molecule is c1ccc(-c2nc(-c3ccc(-c4ccc5oc6c(ccc7c(-c8ccccc8)nc8ccccc8c76)c5c4)cc3)cc(-c3ccc4c(c3)oc3ccccc34)n2)cc1. The first kappa shape index (κ1) is 32.4. The van der Waals surface area contributed by atoms with Gasteiger partial charge in [-0.05, 0) is 59.7 Å². The molecule has 4 heterocycles. The molecule has 0 spiro atoms.